The summed E-state index contributed by atoms with van der Waals surface area (Å²) < 4.78 is 19.8. The van der Waals surface area contributed by atoms with Crippen molar-refractivity contribution in [3.8, 4) is 5.75 Å². The van der Waals surface area contributed by atoms with Gasteiger partial charge in [-0.15, -0.1) is 0 Å². The summed E-state index contributed by atoms with van der Waals surface area (Å²) in [6.45, 7) is 2.81. The smallest absolute Gasteiger partial charge is 0.124 e. The number of nitrogens with one attached hydrogen (secondary N) is 1. The maximum Gasteiger partial charge on any atom is 0.124 e. The van der Waals surface area contributed by atoms with Crippen LogP contribution in [0.2, 0.25) is 0 Å². The molecule has 0 aromatic heterocycles. The minimum atomic E-state index is -0.203. The summed E-state index contributed by atoms with van der Waals surface area (Å²) in [5.41, 5.74) is 2.25. The van der Waals surface area contributed by atoms with Gasteiger partial charge in [-0.05, 0) is 42.8 Å². The average molecular weight is 350 g/mol. The van der Waals surface area contributed by atoms with Crippen molar-refractivity contribution in [2.24, 2.45) is 0 Å². The zero-order valence-electron chi connectivity index (χ0n) is 11.8. The van der Waals surface area contributed by atoms with Crippen LogP contribution in [0.3, 0.4) is 0 Å². The number of hydrogen-bond donors (Lipinski definition) is 1. The van der Waals surface area contributed by atoms with Gasteiger partial charge >= 0.3 is 0 Å². The van der Waals surface area contributed by atoms with Crippen molar-refractivity contribution in [3.05, 3.63) is 63.9 Å². The van der Waals surface area contributed by atoms with Crippen molar-refractivity contribution in [2.45, 2.75) is 25.4 Å². The van der Waals surface area contributed by atoms with E-state index in [-0.39, 0.29) is 17.9 Å². The fraction of sp³-hybridized carbons (Fsp3) is 0.294. The minimum absolute atomic E-state index is 0.153. The molecule has 0 spiro atoms. The van der Waals surface area contributed by atoms with Crippen LogP contribution in [-0.4, -0.2) is 6.61 Å². The van der Waals surface area contributed by atoms with Crippen LogP contribution in [0.4, 0.5) is 4.39 Å². The van der Waals surface area contributed by atoms with Crippen molar-refractivity contribution >= 4 is 15.9 Å². The van der Waals surface area contributed by atoms with Gasteiger partial charge in [-0.25, -0.2) is 4.39 Å². The van der Waals surface area contributed by atoms with Crippen molar-refractivity contribution in [2.75, 3.05) is 6.61 Å². The number of hydrogen-bond acceptors (Lipinski definition) is 2. The van der Waals surface area contributed by atoms with Crippen LogP contribution in [0, 0.1) is 5.82 Å². The Balaban J connectivity index is 1.80. The standard InChI is InChI=1S/C17H17BrFNO/c1-11(12-2-5-14(19)6-3-12)20-16-8-9-21-17-7-4-13(18)10-15(16)17/h2-7,10-11,16,20H,8-9H2,1H3/t11-,16?/m1/s1. The highest BCUT2D eigenvalue weighted by Crippen LogP contribution is 2.35. The molecule has 0 fully saturated rings. The van der Waals surface area contributed by atoms with Gasteiger partial charge in [0, 0.05) is 28.5 Å². The zero-order chi connectivity index (χ0) is 14.8. The summed E-state index contributed by atoms with van der Waals surface area (Å²) in [6, 6.07) is 13.1. The molecule has 110 valence electrons. The molecule has 1 unspecified atom stereocenters. The van der Waals surface area contributed by atoms with Gasteiger partial charge < -0.3 is 10.1 Å². The largest absolute Gasteiger partial charge is 0.493 e. The van der Waals surface area contributed by atoms with Gasteiger partial charge in [-0.3, -0.25) is 0 Å². The molecule has 2 aromatic carbocycles. The van der Waals surface area contributed by atoms with Crippen molar-refractivity contribution in [1.82, 2.24) is 5.32 Å². The van der Waals surface area contributed by atoms with E-state index in [4.69, 9.17) is 4.74 Å². The predicted molar refractivity (Wildman–Crippen MR) is 84.9 cm³/mol. The molecule has 0 aliphatic carbocycles. The normalized spacial score (nSPS) is 18.7. The third-order valence-electron chi connectivity index (χ3n) is 3.83. The molecule has 2 aromatic rings. The molecule has 1 aliphatic rings. The minimum Gasteiger partial charge on any atom is -0.493 e. The lowest BCUT2D eigenvalue weighted by Crippen LogP contribution is -2.29. The van der Waals surface area contributed by atoms with Crippen molar-refractivity contribution in [1.29, 1.82) is 0 Å². The molecule has 0 saturated carbocycles. The van der Waals surface area contributed by atoms with Crippen molar-refractivity contribution < 1.29 is 9.13 Å². The van der Waals surface area contributed by atoms with E-state index in [9.17, 15) is 4.39 Å². The number of ether oxygens (including phenoxy) is 1. The van der Waals surface area contributed by atoms with E-state index in [0.717, 1.165) is 22.2 Å². The molecule has 3 rings (SSSR count). The molecular formula is C17H17BrFNO. The third kappa shape index (κ3) is 3.27. The van der Waals surface area contributed by atoms with Gasteiger partial charge in [-0.2, -0.15) is 0 Å². The van der Waals surface area contributed by atoms with E-state index in [1.54, 1.807) is 0 Å². The summed E-state index contributed by atoms with van der Waals surface area (Å²) in [5, 5.41) is 3.61. The highest BCUT2D eigenvalue weighted by Gasteiger charge is 2.23. The number of halogens is 2. The highest BCUT2D eigenvalue weighted by atomic mass is 79.9. The first-order valence-electron chi connectivity index (χ1n) is 7.07. The highest BCUT2D eigenvalue weighted by molar-refractivity contribution is 9.10. The molecular weight excluding hydrogens is 333 g/mol. The summed E-state index contributed by atoms with van der Waals surface area (Å²) in [4.78, 5) is 0. The Kier molecular flexibility index (Phi) is 4.27. The monoisotopic (exact) mass is 349 g/mol. The lowest BCUT2D eigenvalue weighted by atomic mass is 9.98. The summed E-state index contributed by atoms with van der Waals surface area (Å²) in [5.74, 6) is 0.736. The molecule has 0 radical (unpaired) electrons. The Hall–Kier alpha value is -1.39. The number of benzene rings is 2. The summed E-state index contributed by atoms with van der Waals surface area (Å²) in [7, 11) is 0. The molecule has 21 heavy (non-hydrogen) atoms. The van der Waals surface area contributed by atoms with E-state index < -0.39 is 0 Å². The van der Waals surface area contributed by atoms with Gasteiger partial charge in [0.2, 0.25) is 0 Å². The molecule has 0 amide bonds. The van der Waals surface area contributed by atoms with Gasteiger partial charge in [0.15, 0.2) is 0 Å². The summed E-state index contributed by atoms with van der Waals surface area (Å²) >= 11 is 3.51. The van der Waals surface area contributed by atoms with Crippen LogP contribution in [0.15, 0.2) is 46.9 Å². The zero-order valence-corrected chi connectivity index (χ0v) is 13.4. The van der Waals surface area contributed by atoms with Crippen molar-refractivity contribution in [3.63, 3.8) is 0 Å². The van der Waals surface area contributed by atoms with E-state index in [1.807, 2.05) is 24.3 Å². The van der Waals surface area contributed by atoms with E-state index in [2.05, 4.69) is 34.2 Å². The van der Waals surface area contributed by atoms with Crippen LogP contribution in [0.5, 0.6) is 5.75 Å². The fourth-order valence-corrected chi connectivity index (χ4v) is 3.07. The Morgan fingerprint density at radius 2 is 2.00 bits per heavy atom. The number of fused-ring (bicyclic) bond motifs is 1. The molecule has 2 atom stereocenters. The van der Waals surface area contributed by atoms with E-state index in [1.165, 1.54) is 17.7 Å². The van der Waals surface area contributed by atoms with Gasteiger partial charge in [-0.1, -0.05) is 28.1 Å². The number of rotatable bonds is 3. The Morgan fingerprint density at radius 1 is 1.24 bits per heavy atom. The van der Waals surface area contributed by atoms with Crippen LogP contribution < -0.4 is 10.1 Å². The molecule has 1 heterocycles. The molecule has 0 bridgehead atoms. The third-order valence-corrected chi connectivity index (χ3v) is 4.33. The second-order valence-electron chi connectivity index (χ2n) is 5.31. The molecule has 0 saturated heterocycles. The first kappa shape index (κ1) is 14.5. The maximum atomic E-state index is 13.0. The second-order valence-corrected chi connectivity index (χ2v) is 6.23. The van der Waals surface area contributed by atoms with Crippen LogP contribution in [0.1, 0.15) is 36.6 Å². The molecule has 1 aliphatic heterocycles. The van der Waals surface area contributed by atoms with Gasteiger partial charge in [0.05, 0.1) is 6.61 Å². The summed E-state index contributed by atoms with van der Waals surface area (Å²) in [6.07, 6.45) is 0.926. The SMILES string of the molecule is C[C@@H](NC1CCOc2ccc(Br)cc21)c1ccc(F)cc1. The van der Waals surface area contributed by atoms with Crippen LogP contribution in [-0.2, 0) is 0 Å². The van der Waals surface area contributed by atoms with E-state index >= 15 is 0 Å². The Labute approximate surface area is 132 Å². The first-order valence-corrected chi connectivity index (χ1v) is 7.86. The van der Waals surface area contributed by atoms with Gasteiger partial charge in [0.25, 0.3) is 0 Å². The first-order chi connectivity index (χ1) is 10.1. The second kappa shape index (κ2) is 6.16. The molecule has 2 nitrogen and oxygen atoms in total. The Morgan fingerprint density at radius 3 is 2.76 bits per heavy atom. The quantitative estimate of drug-likeness (QED) is 0.862. The predicted octanol–water partition coefficient (Wildman–Crippen LogP) is 4.76. The lowest BCUT2D eigenvalue weighted by molar-refractivity contribution is 0.246. The van der Waals surface area contributed by atoms with E-state index in [0.29, 0.717) is 6.61 Å². The Bertz CT molecular complexity index is 629. The lowest BCUT2D eigenvalue weighted by Gasteiger charge is -2.29. The van der Waals surface area contributed by atoms with Crippen LogP contribution >= 0.6 is 15.9 Å². The topological polar surface area (TPSA) is 21.3 Å². The van der Waals surface area contributed by atoms with Gasteiger partial charge in [0.1, 0.15) is 11.6 Å². The molecule has 1 N–H and O–H groups in total. The molecule has 4 heteroatoms. The maximum absolute atomic E-state index is 13.0. The average Bonchev–Trinajstić information content (AvgIpc) is 2.48. The van der Waals surface area contributed by atoms with Crippen LogP contribution in [0.25, 0.3) is 0 Å². The fourth-order valence-electron chi connectivity index (χ4n) is 2.69.